The van der Waals surface area contributed by atoms with Gasteiger partial charge in [-0.1, -0.05) is 18.2 Å². The molecule has 0 unspecified atom stereocenters. The molecule has 0 aliphatic heterocycles. The number of hydrogen-bond acceptors (Lipinski definition) is 4. The van der Waals surface area contributed by atoms with Crippen molar-refractivity contribution in [3.8, 4) is 5.75 Å². The largest absolute Gasteiger partial charge is 0.492 e. The van der Waals surface area contributed by atoms with Crippen molar-refractivity contribution in [3.05, 3.63) is 30.3 Å². The second-order valence-electron chi connectivity index (χ2n) is 5.87. The van der Waals surface area contributed by atoms with Gasteiger partial charge in [0, 0.05) is 6.54 Å². The molecule has 0 saturated heterocycles. The van der Waals surface area contributed by atoms with Gasteiger partial charge in [0.1, 0.15) is 24.5 Å². The molecule has 6 nitrogen and oxygen atoms in total. The lowest BCUT2D eigenvalue weighted by molar-refractivity contribution is -0.152. The monoisotopic (exact) mass is 449 g/mol. The average molecular weight is 449 g/mol. The Hall–Kier alpha value is -1.51. The molecule has 1 aromatic rings. The van der Waals surface area contributed by atoms with Gasteiger partial charge in [-0.3, -0.25) is 4.79 Å². The third kappa shape index (κ3) is 11.1. The number of nitrogens with one attached hydrogen (secondary N) is 2. The third-order valence-corrected chi connectivity index (χ3v) is 2.54. The number of carbonyl (C=O) groups is 1. The molecule has 0 fully saturated rings. The van der Waals surface area contributed by atoms with Crippen molar-refractivity contribution in [2.75, 3.05) is 26.2 Å². The zero-order chi connectivity index (χ0) is 17.1. The third-order valence-electron chi connectivity index (χ3n) is 2.54. The van der Waals surface area contributed by atoms with E-state index in [1.54, 1.807) is 0 Å². The molecule has 2 N–H and O–H groups in total. The van der Waals surface area contributed by atoms with E-state index in [1.807, 2.05) is 58.0 Å². The van der Waals surface area contributed by atoms with Crippen LogP contribution in [-0.4, -0.2) is 43.8 Å². The van der Waals surface area contributed by atoms with Crippen LogP contribution in [0, 0.1) is 0 Å². The van der Waals surface area contributed by atoms with Crippen LogP contribution in [0.25, 0.3) is 0 Å². The number of para-hydroxylation sites is 1. The van der Waals surface area contributed by atoms with Gasteiger partial charge in [-0.2, -0.15) is 0 Å². The first kappa shape index (κ1) is 22.5. The molecule has 0 bridgehead atoms. The first-order chi connectivity index (χ1) is 10.9. The summed E-state index contributed by atoms with van der Waals surface area (Å²) in [6.07, 6.45) is 0. The molecule has 136 valence electrons. The Bertz CT molecular complexity index is 502. The van der Waals surface area contributed by atoms with E-state index in [0.29, 0.717) is 25.7 Å². The highest BCUT2D eigenvalue weighted by Crippen LogP contribution is 2.07. The van der Waals surface area contributed by atoms with Crippen molar-refractivity contribution < 1.29 is 14.3 Å². The topological polar surface area (TPSA) is 72.0 Å². The van der Waals surface area contributed by atoms with Gasteiger partial charge >= 0.3 is 5.97 Å². The van der Waals surface area contributed by atoms with E-state index in [-0.39, 0.29) is 36.5 Å². The highest BCUT2D eigenvalue weighted by Gasteiger charge is 2.15. The fourth-order valence-electron chi connectivity index (χ4n) is 1.71. The standard InChI is InChI=1S/C17H27N3O3.HI/c1-5-18-16(20-13-15(21)23-17(2,3)4)19-11-12-22-14-9-7-6-8-10-14;/h6-10H,5,11-13H2,1-4H3,(H2,18,19,20);1H. The molecule has 0 amide bonds. The van der Waals surface area contributed by atoms with Crippen molar-refractivity contribution in [2.24, 2.45) is 4.99 Å². The van der Waals surface area contributed by atoms with E-state index >= 15 is 0 Å². The minimum absolute atomic E-state index is 0. The van der Waals surface area contributed by atoms with Crippen molar-refractivity contribution in [1.29, 1.82) is 0 Å². The Balaban J connectivity index is 0.00000529. The van der Waals surface area contributed by atoms with E-state index < -0.39 is 5.60 Å². The highest BCUT2D eigenvalue weighted by molar-refractivity contribution is 14.0. The van der Waals surface area contributed by atoms with Gasteiger partial charge in [0.05, 0.1) is 6.54 Å². The normalized spacial score (nSPS) is 11.2. The van der Waals surface area contributed by atoms with Crippen LogP contribution in [0.2, 0.25) is 0 Å². The van der Waals surface area contributed by atoms with Gasteiger partial charge in [0.25, 0.3) is 0 Å². The maximum atomic E-state index is 11.7. The van der Waals surface area contributed by atoms with Crippen LogP contribution in [0.5, 0.6) is 5.75 Å². The number of halogens is 1. The molecule has 1 rings (SSSR count). The summed E-state index contributed by atoms with van der Waals surface area (Å²) >= 11 is 0. The van der Waals surface area contributed by atoms with Crippen LogP contribution < -0.4 is 15.4 Å². The number of esters is 1. The second-order valence-corrected chi connectivity index (χ2v) is 5.87. The number of nitrogens with zero attached hydrogens (tertiary/aromatic N) is 1. The molecule has 0 aromatic heterocycles. The van der Waals surface area contributed by atoms with E-state index in [1.165, 1.54) is 0 Å². The molecule has 0 heterocycles. The van der Waals surface area contributed by atoms with Crippen molar-refractivity contribution in [1.82, 2.24) is 10.6 Å². The first-order valence-corrected chi connectivity index (χ1v) is 7.82. The minimum atomic E-state index is -0.498. The van der Waals surface area contributed by atoms with Crippen LogP contribution in [0.3, 0.4) is 0 Å². The fraction of sp³-hybridized carbons (Fsp3) is 0.529. The molecule has 0 aliphatic carbocycles. The maximum absolute atomic E-state index is 11.7. The lowest BCUT2D eigenvalue weighted by Gasteiger charge is -2.19. The smallest absolute Gasteiger partial charge is 0.328 e. The van der Waals surface area contributed by atoms with Gasteiger partial charge in [0.15, 0.2) is 5.96 Å². The molecule has 1 aromatic carbocycles. The van der Waals surface area contributed by atoms with Crippen molar-refractivity contribution in [2.45, 2.75) is 33.3 Å². The molecular weight excluding hydrogens is 421 g/mol. The van der Waals surface area contributed by atoms with Crippen molar-refractivity contribution >= 4 is 35.9 Å². The number of carbonyl (C=O) groups excluding carboxylic acids is 1. The molecule has 0 saturated carbocycles. The summed E-state index contributed by atoms with van der Waals surface area (Å²) in [7, 11) is 0. The van der Waals surface area contributed by atoms with Crippen LogP contribution >= 0.6 is 24.0 Å². The summed E-state index contributed by atoms with van der Waals surface area (Å²) in [6.45, 7) is 9.23. The van der Waals surface area contributed by atoms with Crippen molar-refractivity contribution in [3.63, 3.8) is 0 Å². The van der Waals surface area contributed by atoms with E-state index in [4.69, 9.17) is 9.47 Å². The Kier molecular flexibility index (Phi) is 11.2. The predicted octanol–water partition coefficient (Wildman–Crippen LogP) is 2.58. The molecule has 24 heavy (non-hydrogen) atoms. The van der Waals surface area contributed by atoms with Gasteiger partial charge < -0.3 is 20.1 Å². The number of benzene rings is 1. The van der Waals surface area contributed by atoms with Crippen LogP contribution in [-0.2, 0) is 9.53 Å². The van der Waals surface area contributed by atoms with Gasteiger partial charge in [-0.25, -0.2) is 4.99 Å². The lowest BCUT2D eigenvalue weighted by Crippen LogP contribution is -2.40. The lowest BCUT2D eigenvalue weighted by atomic mass is 10.2. The quantitative estimate of drug-likeness (QED) is 0.220. The molecule has 0 atom stereocenters. The Morgan fingerprint density at radius 1 is 1.17 bits per heavy atom. The molecule has 0 spiro atoms. The zero-order valence-electron chi connectivity index (χ0n) is 14.8. The van der Waals surface area contributed by atoms with Gasteiger partial charge in [-0.05, 0) is 39.8 Å². The number of rotatable bonds is 7. The van der Waals surface area contributed by atoms with Crippen LogP contribution in [0.4, 0.5) is 0 Å². The number of aliphatic imine (C=N–C) groups is 1. The maximum Gasteiger partial charge on any atom is 0.328 e. The molecule has 7 heteroatoms. The Labute approximate surface area is 161 Å². The summed E-state index contributed by atoms with van der Waals surface area (Å²) in [5.74, 6) is 1.04. The van der Waals surface area contributed by atoms with E-state index in [2.05, 4.69) is 15.6 Å². The highest BCUT2D eigenvalue weighted by atomic mass is 127. The van der Waals surface area contributed by atoms with Gasteiger partial charge in [0.2, 0.25) is 0 Å². The van der Waals surface area contributed by atoms with Gasteiger partial charge in [-0.15, -0.1) is 24.0 Å². The summed E-state index contributed by atoms with van der Waals surface area (Å²) in [4.78, 5) is 15.9. The molecule has 0 radical (unpaired) electrons. The summed E-state index contributed by atoms with van der Waals surface area (Å²) in [6, 6.07) is 9.60. The molecule has 0 aliphatic rings. The minimum Gasteiger partial charge on any atom is -0.492 e. The number of guanidine groups is 1. The number of hydrogen-bond donors (Lipinski definition) is 2. The number of ether oxygens (including phenoxy) is 2. The predicted molar refractivity (Wildman–Crippen MR) is 107 cm³/mol. The SMILES string of the molecule is CCNC(=NCC(=O)OC(C)(C)C)NCCOc1ccccc1.I. The first-order valence-electron chi connectivity index (χ1n) is 7.82. The summed E-state index contributed by atoms with van der Waals surface area (Å²) in [5, 5.41) is 6.19. The fourth-order valence-corrected chi connectivity index (χ4v) is 1.71. The second kappa shape index (κ2) is 11.9. The van der Waals surface area contributed by atoms with E-state index in [0.717, 1.165) is 5.75 Å². The summed E-state index contributed by atoms with van der Waals surface area (Å²) in [5.41, 5.74) is -0.498. The Morgan fingerprint density at radius 3 is 2.42 bits per heavy atom. The zero-order valence-corrected chi connectivity index (χ0v) is 17.1. The average Bonchev–Trinajstić information content (AvgIpc) is 2.48. The van der Waals surface area contributed by atoms with Crippen LogP contribution in [0.15, 0.2) is 35.3 Å². The summed E-state index contributed by atoms with van der Waals surface area (Å²) < 4.78 is 10.8. The molecular formula is C17H28IN3O3. The Morgan fingerprint density at radius 2 is 1.83 bits per heavy atom. The van der Waals surface area contributed by atoms with Crippen LogP contribution in [0.1, 0.15) is 27.7 Å². The van der Waals surface area contributed by atoms with E-state index in [9.17, 15) is 4.79 Å².